The summed E-state index contributed by atoms with van der Waals surface area (Å²) < 4.78 is 25.7. The summed E-state index contributed by atoms with van der Waals surface area (Å²) in [7, 11) is -3.88. The minimum Gasteiger partial charge on any atom is -0.397 e. The fourth-order valence-corrected chi connectivity index (χ4v) is 4.49. The SMILES string of the molecule is N/C(=C1\C(=O)c2ccccc2S1(=O)=O)c1ccccc1Br. The molecule has 0 atom stereocenters. The summed E-state index contributed by atoms with van der Waals surface area (Å²) in [6, 6.07) is 13.0. The first-order valence-electron chi connectivity index (χ1n) is 6.08. The lowest BCUT2D eigenvalue weighted by atomic mass is 10.1. The van der Waals surface area contributed by atoms with Crippen molar-refractivity contribution in [3.8, 4) is 0 Å². The van der Waals surface area contributed by atoms with Gasteiger partial charge in [0.1, 0.15) is 4.91 Å². The molecule has 0 radical (unpaired) electrons. The van der Waals surface area contributed by atoms with E-state index in [9.17, 15) is 13.2 Å². The Morgan fingerprint density at radius 3 is 2.29 bits per heavy atom. The summed E-state index contributed by atoms with van der Waals surface area (Å²) in [5.41, 5.74) is 6.61. The van der Waals surface area contributed by atoms with Crippen LogP contribution in [-0.4, -0.2) is 14.2 Å². The zero-order chi connectivity index (χ0) is 15.2. The van der Waals surface area contributed by atoms with Gasteiger partial charge in [-0.2, -0.15) is 0 Å². The second-order valence-electron chi connectivity index (χ2n) is 4.55. The third-order valence-corrected chi connectivity index (χ3v) is 5.87. The molecule has 0 aromatic heterocycles. The topological polar surface area (TPSA) is 77.2 Å². The Balaban J connectivity index is 2.33. The molecule has 21 heavy (non-hydrogen) atoms. The van der Waals surface area contributed by atoms with Gasteiger partial charge >= 0.3 is 0 Å². The molecule has 0 unspecified atom stereocenters. The van der Waals surface area contributed by atoms with Gasteiger partial charge in [-0.15, -0.1) is 0 Å². The highest BCUT2D eigenvalue weighted by Crippen LogP contribution is 2.37. The number of halogens is 1. The van der Waals surface area contributed by atoms with E-state index in [0.29, 0.717) is 10.0 Å². The standard InChI is InChI=1S/C15H10BrNO3S/c16-11-7-3-1-5-9(11)13(17)15-14(18)10-6-2-4-8-12(10)21(15,19)20/h1-8H,17H2/b15-13+. The summed E-state index contributed by atoms with van der Waals surface area (Å²) in [6.45, 7) is 0. The molecule has 1 aliphatic heterocycles. The van der Waals surface area contributed by atoms with Crippen molar-refractivity contribution in [2.75, 3.05) is 0 Å². The maximum absolute atomic E-state index is 12.5. The molecule has 4 nitrogen and oxygen atoms in total. The number of fused-ring (bicyclic) bond motifs is 1. The molecule has 0 saturated heterocycles. The highest BCUT2D eigenvalue weighted by molar-refractivity contribution is 9.10. The van der Waals surface area contributed by atoms with Crippen molar-refractivity contribution in [3.05, 3.63) is 69.0 Å². The summed E-state index contributed by atoms with van der Waals surface area (Å²) in [5, 5.41) is 0. The van der Waals surface area contributed by atoms with E-state index in [-0.39, 0.29) is 21.1 Å². The normalized spacial score (nSPS) is 18.4. The number of carbonyl (C=O) groups excluding carboxylic acids is 1. The first-order chi connectivity index (χ1) is 9.94. The summed E-state index contributed by atoms with van der Waals surface area (Å²) >= 11 is 3.32. The Labute approximate surface area is 130 Å². The predicted octanol–water partition coefficient (Wildman–Crippen LogP) is 2.75. The van der Waals surface area contributed by atoms with Crippen molar-refractivity contribution in [1.82, 2.24) is 0 Å². The van der Waals surface area contributed by atoms with Crippen molar-refractivity contribution in [1.29, 1.82) is 0 Å². The van der Waals surface area contributed by atoms with Crippen LogP contribution in [0.25, 0.3) is 5.70 Å². The van der Waals surface area contributed by atoms with Crippen molar-refractivity contribution in [3.63, 3.8) is 0 Å². The quantitative estimate of drug-likeness (QED) is 0.790. The maximum atomic E-state index is 12.5. The van der Waals surface area contributed by atoms with E-state index in [0.717, 1.165) is 0 Å². The lowest BCUT2D eigenvalue weighted by Crippen LogP contribution is -2.11. The number of hydrogen-bond acceptors (Lipinski definition) is 4. The summed E-state index contributed by atoms with van der Waals surface area (Å²) in [4.78, 5) is 12.1. The molecule has 1 heterocycles. The minimum absolute atomic E-state index is 0.0139. The van der Waals surface area contributed by atoms with E-state index in [2.05, 4.69) is 15.9 Å². The lowest BCUT2D eigenvalue weighted by Gasteiger charge is -2.07. The fourth-order valence-electron chi connectivity index (χ4n) is 2.31. The lowest BCUT2D eigenvalue weighted by molar-refractivity contribution is 0.104. The number of rotatable bonds is 1. The molecule has 0 aliphatic carbocycles. The molecule has 0 fully saturated rings. The van der Waals surface area contributed by atoms with Crippen molar-refractivity contribution in [2.24, 2.45) is 5.73 Å². The number of carbonyl (C=O) groups is 1. The molecule has 6 heteroatoms. The third kappa shape index (κ3) is 2.02. The summed E-state index contributed by atoms with van der Waals surface area (Å²) in [5.74, 6) is -0.557. The van der Waals surface area contributed by atoms with E-state index >= 15 is 0 Å². The fraction of sp³-hybridized carbons (Fsp3) is 0. The van der Waals surface area contributed by atoms with Gasteiger partial charge in [-0.05, 0) is 18.2 Å². The molecular weight excluding hydrogens is 354 g/mol. The Morgan fingerprint density at radius 2 is 1.62 bits per heavy atom. The molecular formula is C15H10BrNO3S. The maximum Gasteiger partial charge on any atom is 0.213 e. The van der Waals surface area contributed by atoms with Gasteiger partial charge in [-0.25, -0.2) is 8.42 Å². The van der Waals surface area contributed by atoms with Crippen LogP contribution in [0.4, 0.5) is 0 Å². The van der Waals surface area contributed by atoms with Gasteiger partial charge in [0.05, 0.1) is 10.6 Å². The molecule has 3 rings (SSSR count). The van der Waals surface area contributed by atoms with Crippen LogP contribution in [0.1, 0.15) is 15.9 Å². The Morgan fingerprint density at radius 1 is 1.00 bits per heavy atom. The van der Waals surface area contributed by atoms with Gasteiger partial charge in [0.2, 0.25) is 15.6 Å². The van der Waals surface area contributed by atoms with Crippen LogP contribution >= 0.6 is 15.9 Å². The van der Waals surface area contributed by atoms with E-state index in [1.165, 1.54) is 12.1 Å². The highest BCUT2D eigenvalue weighted by Gasteiger charge is 2.41. The minimum atomic E-state index is -3.88. The highest BCUT2D eigenvalue weighted by atomic mass is 79.9. The van der Waals surface area contributed by atoms with Crippen LogP contribution in [0.3, 0.4) is 0 Å². The molecule has 2 N–H and O–H groups in total. The Bertz CT molecular complexity index is 901. The smallest absolute Gasteiger partial charge is 0.213 e. The number of hydrogen-bond donors (Lipinski definition) is 1. The average molecular weight is 364 g/mol. The number of sulfone groups is 1. The Hall–Kier alpha value is -1.92. The molecule has 2 aromatic carbocycles. The number of Topliss-reactive ketones (excluding diaryl/α,β-unsaturated/α-hetero) is 1. The van der Waals surface area contributed by atoms with Crippen molar-refractivity contribution >= 4 is 37.2 Å². The number of ketones is 1. The van der Waals surface area contributed by atoms with Crippen LogP contribution in [0.15, 0.2) is 62.8 Å². The molecule has 0 bridgehead atoms. The molecule has 0 amide bonds. The van der Waals surface area contributed by atoms with E-state index < -0.39 is 15.6 Å². The molecule has 0 spiro atoms. The van der Waals surface area contributed by atoms with Crippen LogP contribution in [0.2, 0.25) is 0 Å². The van der Waals surface area contributed by atoms with E-state index in [1.54, 1.807) is 36.4 Å². The zero-order valence-electron chi connectivity index (χ0n) is 10.7. The van der Waals surface area contributed by atoms with Crippen molar-refractivity contribution < 1.29 is 13.2 Å². The second kappa shape index (κ2) is 4.82. The number of nitrogens with two attached hydrogens (primary N) is 1. The number of allylic oxidation sites excluding steroid dienone is 1. The molecule has 1 aliphatic rings. The van der Waals surface area contributed by atoms with Gasteiger partial charge < -0.3 is 5.73 Å². The van der Waals surface area contributed by atoms with Crippen LogP contribution in [-0.2, 0) is 9.84 Å². The summed E-state index contributed by atoms with van der Waals surface area (Å²) in [6.07, 6.45) is 0. The zero-order valence-corrected chi connectivity index (χ0v) is 13.1. The monoisotopic (exact) mass is 363 g/mol. The van der Waals surface area contributed by atoms with Gasteiger partial charge in [-0.3, -0.25) is 4.79 Å². The van der Waals surface area contributed by atoms with Crippen LogP contribution in [0.5, 0.6) is 0 Å². The predicted molar refractivity (Wildman–Crippen MR) is 83.2 cm³/mol. The first-order valence-corrected chi connectivity index (χ1v) is 8.35. The van der Waals surface area contributed by atoms with E-state index in [1.807, 2.05) is 0 Å². The number of benzene rings is 2. The molecule has 0 saturated carbocycles. The van der Waals surface area contributed by atoms with Gasteiger partial charge in [0.15, 0.2) is 0 Å². The van der Waals surface area contributed by atoms with E-state index in [4.69, 9.17) is 5.73 Å². The van der Waals surface area contributed by atoms with Gasteiger partial charge in [-0.1, -0.05) is 46.3 Å². The van der Waals surface area contributed by atoms with Gasteiger partial charge in [0.25, 0.3) is 0 Å². The largest absolute Gasteiger partial charge is 0.397 e. The first kappa shape index (κ1) is 14.0. The van der Waals surface area contributed by atoms with Crippen molar-refractivity contribution in [2.45, 2.75) is 4.90 Å². The Kier molecular flexibility index (Phi) is 3.22. The molecule has 2 aromatic rings. The molecule has 106 valence electrons. The van der Waals surface area contributed by atoms with Crippen LogP contribution < -0.4 is 5.73 Å². The second-order valence-corrected chi connectivity index (χ2v) is 7.26. The third-order valence-electron chi connectivity index (χ3n) is 3.30. The van der Waals surface area contributed by atoms with Gasteiger partial charge in [0, 0.05) is 15.6 Å². The average Bonchev–Trinajstić information content (AvgIpc) is 2.67. The van der Waals surface area contributed by atoms with Crippen LogP contribution in [0, 0.1) is 0 Å².